The molecule has 0 aliphatic carbocycles. The van der Waals surface area contributed by atoms with Gasteiger partial charge in [-0.3, -0.25) is 10.1 Å². The van der Waals surface area contributed by atoms with Crippen LogP contribution < -0.4 is 0 Å². The first-order valence-electron chi connectivity index (χ1n) is 6.58. The third-order valence-corrected chi connectivity index (χ3v) is 4.09. The summed E-state index contributed by atoms with van der Waals surface area (Å²) in [5.41, 5.74) is 1.42. The number of aryl methyl sites for hydroxylation is 1. The second-order valence-corrected chi connectivity index (χ2v) is 5.79. The third kappa shape index (κ3) is 4.19. The topological polar surface area (TPSA) is 90.7 Å². The minimum Gasteiger partial charge on any atom is -0.258 e. The highest BCUT2D eigenvalue weighted by atomic mass is 32.2. The van der Waals surface area contributed by atoms with Crippen molar-refractivity contribution in [3.05, 3.63) is 69.3 Å². The summed E-state index contributed by atoms with van der Waals surface area (Å²) < 4.78 is 0. The van der Waals surface area contributed by atoms with Crippen LogP contribution in [0.15, 0.2) is 57.8 Å². The van der Waals surface area contributed by atoms with Crippen LogP contribution in [0.1, 0.15) is 11.1 Å². The molecule has 2 rings (SSSR count). The number of rotatable bonds is 4. The van der Waals surface area contributed by atoms with E-state index in [1.54, 1.807) is 18.2 Å². The fourth-order valence-corrected chi connectivity index (χ4v) is 2.73. The maximum Gasteiger partial charge on any atom is 0.270 e. The minimum absolute atomic E-state index is 0.0836. The van der Waals surface area contributed by atoms with Crippen LogP contribution in [0.2, 0.25) is 0 Å². The van der Waals surface area contributed by atoms with Gasteiger partial charge in [0.25, 0.3) is 5.69 Å². The predicted octanol–water partition coefficient (Wildman–Crippen LogP) is 4.48. The molecule has 0 aliphatic heterocycles. The molecule has 0 N–H and O–H groups in total. The number of nitrogens with zero attached hydrogens (tertiary/aromatic N) is 3. The average Bonchev–Trinajstić information content (AvgIpc) is 2.55. The van der Waals surface area contributed by atoms with Gasteiger partial charge in [-0.1, -0.05) is 29.5 Å². The Kier molecular flexibility index (Phi) is 5.14. The van der Waals surface area contributed by atoms with E-state index >= 15 is 0 Å². The molecule has 112 valence electrons. The zero-order valence-electron chi connectivity index (χ0n) is 12.2. The van der Waals surface area contributed by atoms with Gasteiger partial charge in [-0.25, -0.2) is 0 Å². The molecular formula is C17H11N3O2S. The molecule has 0 aromatic heterocycles. The molecule has 0 saturated heterocycles. The number of nitriles is 2. The standard InChI is InChI=1S/C17H11N3O2S/c1-12-2-5-16(6-3-12)23-17-7-4-15(20(21)22)9-14(17)8-13(10-18)11-19/h2-9H,1H3. The van der Waals surface area contributed by atoms with Crippen molar-refractivity contribution in [1.29, 1.82) is 10.5 Å². The highest BCUT2D eigenvalue weighted by molar-refractivity contribution is 7.99. The number of hydrogen-bond donors (Lipinski definition) is 0. The van der Waals surface area contributed by atoms with E-state index in [2.05, 4.69) is 0 Å². The Balaban J connectivity index is 2.48. The highest BCUT2D eigenvalue weighted by Crippen LogP contribution is 2.33. The molecule has 5 nitrogen and oxygen atoms in total. The lowest BCUT2D eigenvalue weighted by Gasteiger charge is -2.06. The van der Waals surface area contributed by atoms with Crippen LogP contribution >= 0.6 is 11.8 Å². The van der Waals surface area contributed by atoms with E-state index in [-0.39, 0.29) is 11.3 Å². The van der Waals surface area contributed by atoms with Gasteiger partial charge < -0.3 is 0 Å². The average molecular weight is 321 g/mol. The molecule has 0 unspecified atom stereocenters. The fourth-order valence-electron chi connectivity index (χ4n) is 1.83. The van der Waals surface area contributed by atoms with Gasteiger partial charge in [0.2, 0.25) is 0 Å². The van der Waals surface area contributed by atoms with Crippen LogP contribution in [0, 0.1) is 39.7 Å². The first-order valence-corrected chi connectivity index (χ1v) is 7.40. The van der Waals surface area contributed by atoms with Crippen molar-refractivity contribution < 1.29 is 4.92 Å². The summed E-state index contributed by atoms with van der Waals surface area (Å²) in [6, 6.07) is 15.8. The Morgan fingerprint density at radius 3 is 2.39 bits per heavy atom. The first kappa shape index (κ1) is 16.3. The monoisotopic (exact) mass is 321 g/mol. The van der Waals surface area contributed by atoms with Crippen molar-refractivity contribution in [2.24, 2.45) is 0 Å². The van der Waals surface area contributed by atoms with Crippen LogP contribution in [0.4, 0.5) is 5.69 Å². The maximum atomic E-state index is 10.9. The summed E-state index contributed by atoms with van der Waals surface area (Å²) in [7, 11) is 0. The van der Waals surface area contributed by atoms with E-state index < -0.39 is 4.92 Å². The van der Waals surface area contributed by atoms with Crippen LogP contribution in [0.25, 0.3) is 6.08 Å². The molecule has 0 spiro atoms. The van der Waals surface area contributed by atoms with E-state index in [1.807, 2.05) is 31.2 Å². The molecular weight excluding hydrogens is 310 g/mol. The molecule has 0 fully saturated rings. The number of non-ortho nitro benzene ring substituents is 1. The quantitative estimate of drug-likeness (QED) is 0.470. The summed E-state index contributed by atoms with van der Waals surface area (Å²) in [4.78, 5) is 12.1. The molecule has 2 aromatic carbocycles. The summed E-state index contributed by atoms with van der Waals surface area (Å²) >= 11 is 1.42. The number of benzene rings is 2. The van der Waals surface area contributed by atoms with Crippen molar-refractivity contribution in [3.63, 3.8) is 0 Å². The molecule has 0 radical (unpaired) electrons. The number of hydrogen-bond acceptors (Lipinski definition) is 5. The van der Waals surface area contributed by atoms with Crippen molar-refractivity contribution in [2.45, 2.75) is 16.7 Å². The predicted molar refractivity (Wildman–Crippen MR) is 87.6 cm³/mol. The van der Waals surface area contributed by atoms with E-state index in [1.165, 1.54) is 30.0 Å². The van der Waals surface area contributed by atoms with Gasteiger partial charge >= 0.3 is 0 Å². The minimum atomic E-state index is -0.504. The first-order chi connectivity index (χ1) is 11.0. The van der Waals surface area contributed by atoms with Crippen LogP contribution in [0.5, 0.6) is 0 Å². The lowest BCUT2D eigenvalue weighted by atomic mass is 10.1. The van der Waals surface area contributed by atoms with E-state index in [4.69, 9.17) is 10.5 Å². The molecule has 6 heteroatoms. The van der Waals surface area contributed by atoms with Gasteiger partial charge in [0, 0.05) is 21.9 Å². The van der Waals surface area contributed by atoms with E-state index in [0.717, 1.165) is 15.4 Å². The molecule has 23 heavy (non-hydrogen) atoms. The smallest absolute Gasteiger partial charge is 0.258 e. The van der Waals surface area contributed by atoms with Gasteiger partial charge in [-0.2, -0.15) is 10.5 Å². The molecule has 0 bridgehead atoms. The normalized spacial score (nSPS) is 9.52. The highest BCUT2D eigenvalue weighted by Gasteiger charge is 2.11. The second kappa shape index (κ2) is 7.26. The Bertz CT molecular complexity index is 843. The van der Waals surface area contributed by atoms with Gasteiger partial charge in [0.15, 0.2) is 0 Å². The molecule has 0 heterocycles. The SMILES string of the molecule is Cc1ccc(Sc2ccc([N+](=O)[O-])cc2C=C(C#N)C#N)cc1. The molecule has 0 aliphatic rings. The van der Waals surface area contributed by atoms with Gasteiger partial charge in [-0.15, -0.1) is 0 Å². The van der Waals surface area contributed by atoms with Crippen molar-refractivity contribution >= 4 is 23.5 Å². The fraction of sp³-hybridized carbons (Fsp3) is 0.0588. The summed E-state index contributed by atoms with van der Waals surface area (Å²) in [5.74, 6) is 0. The van der Waals surface area contributed by atoms with E-state index in [0.29, 0.717) is 5.56 Å². The van der Waals surface area contributed by atoms with Crippen LogP contribution in [-0.4, -0.2) is 4.92 Å². The molecule has 2 aromatic rings. The van der Waals surface area contributed by atoms with Crippen molar-refractivity contribution in [1.82, 2.24) is 0 Å². The zero-order valence-corrected chi connectivity index (χ0v) is 13.0. The summed E-state index contributed by atoms with van der Waals surface area (Å²) in [5, 5.41) is 28.7. The third-order valence-electron chi connectivity index (χ3n) is 2.99. The Morgan fingerprint density at radius 1 is 1.17 bits per heavy atom. The molecule has 0 amide bonds. The van der Waals surface area contributed by atoms with Crippen molar-refractivity contribution in [3.8, 4) is 12.1 Å². The molecule has 0 atom stereocenters. The lowest BCUT2D eigenvalue weighted by molar-refractivity contribution is -0.384. The van der Waals surface area contributed by atoms with Gasteiger partial charge in [0.05, 0.1) is 4.92 Å². The largest absolute Gasteiger partial charge is 0.270 e. The maximum absolute atomic E-state index is 10.9. The van der Waals surface area contributed by atoms with E-state index in [9.17, 15) is 10.1 Å². The Labute approximate surface area is 137 Å². The van der Waals surface area contributed by atoms with Crippen LogP contribution in [0.3, 0.4) is 0 Å². The number of allylic oxidation sites excluding steroid dienone is 1. The summed E-state index contributed by atoms with van der Waals surface area (Å²) in [6.45, 7) is 1.99. The number of nitro benzene ring substituents is 1. The van der Waals surface area contributed by atoms with Crippen molar-refractivity contribution in [2.75, 3.05) is 0 Å². The van der Waals surface area contributed by atoms with Crippen LogP contribution in [-0.2, 0) is 0 Å². The zero-order chi connectivity index (χ0) is 16.8. The van der Waals surface area contributed by atoms with Gasteiger partial charge in [0.1, 0.15) is 17.7 Å². The van der Waals surface area contributed by atoms with Gasteiger partial charge in [-0.05, 0) is 36.8 Å². The Hall–Kier alpha value is -3.09. The molecule has 0 saturated carbocycles. The lowest BCUT2D eigenvalue weighted by Crippen LogP contribution is -1.90. The summed E-state index contributed by atoms with van der Waals surface area (Å²) in [6.07, 6.45) is 1.36. The second-order valence-electron chi connectivity index (χ2n) is 4.68. The Morgan fingerprint density at radius 2 is 1.83 bits per heavy atom. The number of nitro groups is 1.